The molecule has 2 nitrogen and oxygen atoms in total. The molecular formula is C17H27NO. The van der Waals surface area contributed by atoms with E-state index in [2.05, 4.69) is 44.3 Å². The van der Waals surface area contributed by atoms with Gasteiger partial charge in [-0.15, -0.1) is 0 Å². The van der Waals surface area contributed by atoms with Crippen molar-refractivity contribution in [2.75, 3.05) is 6.54 Å². The molecule has 0 bridgehead atoms. The van der Waals surface area contributed by atoms with Crippen molar-refractivity contribution in [1.82, 2.24) is 5.32 Å². The molecule has 2 N–H and O–H groups in total. The minimum absolute atomic E-state index is 0.189. The summed E-state index contributed by atoms with van der Waals surface area (Å²) in [5, 5.41) is 13.3. The van der Waals surface area contributed by atoms with Crippen LogP contribution in [0.2, 0.25) is 0 Å². The molecule has 0 fully saturated rings. The minimum atomic E-state index is -0.255. The van der Waals surface area contributed by atoms with Crippen LogP contribution in [-0.2, 0) is 19.4 Å². The summed E-state index contributed by atoms with van der Waals surface area (Å²) in [6.07, 6.45) is 4.36. The van der Waals surface area contributed by atoms with Crippen LogP contribution in [0.25, 0.3) is 0 Å². The lowest BCUT2D eigenvalue weighted by Gasteiger charge is -2.22. The number of aliphatic hydroxyl groups is 1. The Morgan fingerprint density at radius 3 is 2.68 bits per heavy atom. The Morgan fingerprint density at radius 1 is 1.21 bits per heavy atom. The Balaban J connectivity index is 1.77. The van der Waals surface area contributed by atoms with Gasteiger partial charge in [0.15, 0.2) is 0 Å². The van der Waals surface area contributed by atoms with Crippen LogP contribution in [0.15, 0.2) is 18.2 Å². The van der Waals surface area contributed by atoms with Crippen molar-refractivity contribution in [3.05, 3.63) is 34.9 Å². The summed E-state index contributed by atoms with van der Waals surface area (Å²) in [7, 11) is 0. The molecule has 1 unspecified atom stereocenters. The molecule has 1 aliphatic carbocycles. The smallest absolute Gasteiger partial charge is 0.0669 e. The maximum atomic E-state index is 9.96. The average molecular weight is 261 g/mol. The van der Waals surface area contributed by atoms with Gasteiger partial charge in [0, 0.05) is 13.1 Å². The third-order valence-electron chi connectivity index (χ3n) is 3.72. The Kier molecular flexibility index (Phi) is 4.64. The Labute approximate surface area is 117 Å². The minimum Gasteiger partial charge on any atom is -0.392 e. The lowest BCUT2D eigenvalue weighted by molar-refractivity contribution is 0.119. The van der Waals surface area contributed by atoms with E-state index in [9.17, 15) is 5.11 Å². The maximum absolute atomic E-state index is 9.96. The van der Waals surface area contributed by atoms with Crippen LogP contribution in [0, 0.1) is 5.41 Å². The van der Waals surface area contributed by atoms with Crippen molar-refractivity contribution < 1.29 is 5.11 Å². The summed E-state index contributed by atoms with van der Waals surface area (Å²) in [5.74, 6) is 0. The Morgan fingerprint density at radius 2 is 1.95 bits per heavy atom. The first-order valence-corrected chi connectivity index (χ1v) is 7.43. The van der Waals surface area contributed by atoms with Crippen LogP contribution in [0.4, 0.5) is 0 Å². The zero-order chi connectivity index (χ0) is 13.9. The second kappa shape index (κ2) is 6.06. The van der Waals surface area contributed by atoms with E-state index >= 15 is 0 Å². The molecule has 0 heterocycles. The summed E-state index contributed by atoms with van der Waals surface area (Å²) >= 11 is 0. The molecule has 0 radical (unpaired) electrons. The van der Waals surface area contributed by atoms with Gasteiger partial charge >= 0.3 is 0 Å². The van der Waals surface area contributed by atoms with E-state index < -0.39 is 0 Å². The van der Waals surface area contributed by atoms with Crippen molar-refractivity contribution in [1.29, 1.82) is 0 Å². The highest BCUT2D eigenvalue weighted by Gasteiger charge is 2.16. The van der Waals surface area contributed by atoms with Gasteiger partial charge in [0.25, 0.3) is 0 Å². The summed E-state index contributed by atoms with van der Waals surface area (Å²) in [6.45, 7) is 8.02. The number of hydrogen-bond donors (Lipinski definition) is 2. The number of aryl methyl sites for hydroxylation is 2. The van der Waals surface area contributed by atoms with E-state index in [4.69, 9.17) is 0 Å². The molecule has 1 atom stereocenters. The van der Waals surface area contributed by atoms with Crippen LogP contribution >= 0.6 is 0 Å². The summed E-state index contributed by atoms with van der Waals surface area (Å²) in [6, 6.07) is 6.81. The number of rotatable bonds is 5. The molecule has 0 amide bonds. The molecule has 1 aromatic rings. The lowest BCUT2D eigenvalue weighted by atomic mass is 9.89. The molecule has 2 heteroatoms. The van der Waals surface area contributed by atoms with Crippen LogP contribution in [-0.4, -0.2) is 17.8 Å². The fourth-order valence-corrected chi connectivity index (χ4v) is 2.90. The quantitative estimate of drug-likeness (QED) is 0.854. The number of aliphatic hydroxyl groups excluding tert-OH is 1. The molecule has 0 saturated heterocycles. The van der Waals surface area contributed by atoms with E-state index in [1.165, 1.54) is 36.0 Å². The molecule has 1 aliphatic rings. The van der Waals surface area contributed by atoms with E-state index in [0.717, 1.165) is 13.0 Å². The summed E-state index contributed by atoms with van der Waals surface area (Å²) in [5.41, 5.74) is 4.57. The Hall–Kier alpha value is -0.860. The number of fused-ring (bicyclic) bond motifs is 1. The van der Waals surface area contributed by atoms with E-state index in [1.807, 2.05) is 0 Å². The normalized spacial score (nSPS) is 16.4. The van der Waals surface area contributed by atoms with Gasteiger partial charge < -0.3 is 10.4 Å². The highest BCUT2D eigenvalue weighted by Crippen LogP contribution is 2.23. The first-order chi connectivity index (χ1) is 8.94. The van der Waals surface area contributed by atoms with Crippen molar-refractivity contribution in [2.45, 2.75) is 59.1 Å². The molecule has 0 aromatic heterocycles. The van der Waals surface area contributed by atoms with Gasteiger partial charge in [-0.2, -0.15) is 0 Å². The lowest BCUT2D eigenvalue weighted by Crippen LogP contribution is -2.29. The maximum Gasteiger partial charge on any atom is 0.0669 e. The third-order valence-corrected chi connectivity index (χ3v) is 3.72. The van der Waals surface area contributed by atoms with Crippen molar-refractivity contribution in [3.8, 4) is 0 Å². The van der Waals surface area contributed by atoms with Gasteiger partial charge in [0.2, 0.25) is 0 Å². The van der Waals surface area contributed by atoms with E-state index in [0.29, 0.717) is 6.54 Å². The van der Waals surface area contributed by atoms with E-state index in [-0.39, 0.29) is 11.5 Å². The summed E-state index contributed by atoms with van der Waals surface area (Å²) in [4.78, 5) is 0. The average Bonchev–Trinajstić information content (AvgIpc) is 2.73. The fraction of sp³-hybridized carbons (Fsp3) is 0.647. The molecule has 1 aromatic carbocycles. The molecule has 2 rings (SSSR count). The van der Waals surface area contributed by atoms with Gasteiger partial charge in [0.1, 0.15) is 0 Å². The zero-order valence-corrected chi connectivity index (χ0v) is 12.5. The molecule has 0 aliphatic heterocycles. The molecule has 0 saturated carbocycles. The van der Waals surface area contributed by atoms with Crippen LogP contribution in [0.3, 0.4) is 0 Å². The third kappa shape index (κ3) is 4.63. The number of benzene rings is 1. The molecular weight excluding hydrogens is 234 g/mol. The standard InChI is InChI=1S/C17H27NO/c1-17(2,3)10-16(19)12-18-11-13-7-8-14-5-4-6-15(14)9-13/h7-9,16,18-19H,4-6,10-12H2,1-3H3. The van der Waals surface area contributed by atoms with Crippen LogP contribution in [0.1, 0.15) is 50.3 Å². The predicted octanol–water partition coefficient (Wildman–Crippen LogP) is 3.06. The van der Waals surface area contributed by atoms with Crippen molar-refractivity contribution >= 4 is 0 Å². The molecule has 19 heavy (non-hydrogen) atoms. The molecule has 0 spiro atoms. The fourth-order valence-electron chi connectivity index (χ4n) is 2.90. The second-order valence-corrected chi connectivity index (χ2v) is 7.01. The largest absolute Gasteiger partial charge is 0.392 e. The van der Waals surface area contributed by atoms with Crippen molar-refractivity contribution in [2.24, 2.45) is 5.41 Å². The zero-order valence-electron chi connectivity index (χ0n) is 12.5. The highest BCUT2D eigenvalue weighted by atomic mass is 16.3. The SMILES string of the molecule is CC(C)(C)CC(O)CNCc1ccc2c(c1)CCC2. The monoisotopic (exact) mass is 261 g/mol. The van der Waals surface area contributed by atoms with Crippen LogP contribution in [0.5, 0.6) is 0 Å². The first kappa shape index (κ1) is 14.5. The topological polar surface area (TPSA) is 32.3 Å². The van der Waals surface area contributed by atoms with Gasteiger partial charge in [-0.1, -0.05) is 39.0 Å². The van der Waals surface area contributed by atoms with Crippen LogP contribution < -0.4 is 5.32 Å². The predicted molar refractivity (Wildman–Crippen MR) is 80.3 cm³/mol. The van der Waals surface area contributed by atoms with Gasteiger partial charge in [0.05, 0.1) is 6.10 Å². The Bertz CT molecular complexity index is 420. The molecule has 106 valence electrons. The number of nitrogens with one attached hydrogen (secondary N) is 1. The first-order valence-electron chi connectivity index (χ1n) is 7.43. The van der Waals surface area contributed by atoms with Gasteiger partial charge in [-0.3, -0.25) is 0 Å². The number of hydrogen-bond acceptors (Lipinski definition) is 2. The van der Waals surface area contributed by atoms with Gasteiger partial charge in [-0.05, 0) is 47.8 Å². The summed E-state index contributed by atoms with van der Waals surface area (Å²) < 4.78 is 0. The highest BCUT2D eigenvalue weighted by molar-refractivity contribution is 5.35. The van der Waals surface area contributed by atoms with Crippen molar-refractivity contribution in [3.63, 3.8) is 0 Å². The second-order valence-electron chi connectivity index (χ2n) is 7.01. The van der Waals surface area contributed by atoms with E-state index in [1.54, 1.807) is 0 Å². The van der Waals surface area contributed by atoms with Gasteiger partial charge in [-0.25, -0.2) is 0 Å².